The molecule has 0 saturated heterocycles. The quantitative estimate of drug-likeness (QED) is 0.800. The Morgan fingerprint density at radius 2 is 1.73 bits per heavy atom. The first-order valence-electron chi connectivity index (χ1n) is 7.86. The standard InChI is InChI=1S/C19H26FNO/c1-13(12-19(4,5)18-11-6-14(2)22-18)21-15(3)16-7-9-17(20)10-8-16/h6-11,13,15,21H,12H2,1-5H3/t13-,15+/m0/s1. The molecule has 0 saturated carbocycles. The highest BCUT2D eigenvalue weighted by Gasteiger charge is 2.27. The van der Waals surface area contributed by atoms with Crippen LogP contribution in [-0.4, -0.2) is 6.04 Å². The first kappa shape index (κ1) is 16.8. The Morgan fingerprint density at radius 1 is 1.09 bits per heavy atom. The molecular formula is C19H26FNO. The summed E-state index contributed by atoms with van der Waals surface area (Å²) in [7, 11) is 0. The van der Waals surface area contributed by atoms with Gasteiger partial charge in [0, 0.05) is 17.5 Å². The van der Waals surface area contributed by atoms with Gasteiger partial charge in [-0.15, -0.1) is 0 Å². The lowest BCUT2D eigenvalue weighted by atomic mass is 9.83. The molecule has 2 nitrogen and oxygen atoms in total. The van der Waals surface area contributed by atoms with Crippen LogP contribution in [0.15, 0.2) is 40.8 Å². The minimum atomic E-state index is -0.196. The lowest BCUT2D eigenvalue weighted by Crippen LogP contribution is -2.34. The maximum Gasteiger partial charge on any atom is 0.123 e. The third kappa shape index (κ3) is 4.20. The van der Waals surface area contributed by atoms with Gasteiger partial charge in [0.25, 0.3) is 0 Å². The fourth-order valence-electron chi connectivity index (χ4n) is 3.00. The molecule has 0 spiro atoms. The van der Waals surface area contributed by atoms with E-state index in [9.17, 15) is 4.39 Å². The molecule has 0 amide bonds. The molecule has 22 heavy (non-hydrogen) atoms. The number of aryl methyl sites for hydroxylation is 1. The number of halogens is 1. The number of furan rings is 1. The van der Waals surface area contributed by atoms with E-state index in [1.165, 1.54) is 12.1 Å². The normalized spacial score (nSPS) is 14.8. The van der Waals surface area contributed by atoms with E-state index >= 15 is 0 Å². The molecule has 0 bridgehead atoms. The van der Waals surface area contributed by atoms with Crippen molar-refractivity contribution in [2.45, 2.75) is 58.5 Å². The summed E-state index contributed by atoms with van der Waals surface area (Å²) in [5, 5.41) is 3.58. The molecule has 120 valence electrons. The first-order chi connectivity index (χ1) is 10.3. The van der Waals surface area contributed by atoms with Gasteiger partial charge < -0.3 is 9.73 Å². The molecule has 0 aliphatic rings. The van der Waals surface area contributed by atoms with E-state index in [4.69, 9.17) is 4.42 Å². The molecule has 2 rings (SSSR count). The molecule has 1 N–H and O–H groups in total. The van der Waals surface area contributed by atoms with Gasteiger partial charge in [0.1, 0.15) is 17.3 Å². The fraction of sp³-hybridized carbons (Fsp3) is 0.474. The van der Waals surface area contributed by atoms with Gasteiger partial charge in [0.2, 0.25) is 0 Å². The lowest BCUT2D eigenvalue weighted by Gasteiger charge is -2.29. The van der Waals surface area contributed by atoms with E-state index in [-0.39, 0.29) is 17.3 Å². The summed E-state index contributed by atoms with van der Waals surface area (Å²) in [5.41, 5.74) is 1.07. The topological polar surface area (TPSA) is 25.2 Å². The second-order valence-electron chi connectivity index (χ2n) is 6.84. The van der Waals surface area contributed by atoms with Crippen molar-refractivity contribution in [2.24, 2.45) is 0 Å². The van der Waals surface area contributed by atoms with Crippen molar-refractivity contribution in [3.8, 4) is 0 Å². The van der Waals surface area contributed by atoms with Crippen LogP contribution in [0.3, 0.4) is 0 Å². The van der Waals surface area contributed by atoms with Crippen molar-refractivity contribution < 1.29 is 8.81 Å². The second kappa shape index (κ2) is 6.66. The smallest absolute Gasteiger partial charge is 0.123 e. The molecule has 1 aromatic carbocycles. The lowest BCUT2D eigenvalue weighted by molar-refractivity contribution is 0.310. The van der Waals surface area contributed by atoms with Gasteiger partial charge >= 0.3 is 0 Å². The Kier molecular flexibility index (Phi) is 5.07. The van der Waals surface area contributed by atoms with Crippen molar-refractivity contribution in [3.63, 3.8) is 0 Å². The average Bonchev–Trinajstić information content (AvgIpc) is 2.86. The van der Waals surface area contributed by atoms with Crippen LogP contribution in [0.2, 0.25) is 0 Å². The monoisotopic (exact) mass is 303 g/mol. The van der Waals surface area contributed by atoms with Gasteiger partial charge in [-0.05, 0) is 57.0 Å². The minimum Gasteiger partial charge on any atom is -0.466 e. The van der Waals surface area contributed by atoms with Gasteiger partial charge in [0.05, 0.1) is 0 Å². The molecule has 0 unspecified atom stereocenters. The number of hydrogen-bond acceptors (Lipinski definition) is 2. The summed E-state index contributed by atoms with van der Waals surface area (Å²) in [4.78, 5) is 0. The molecule has 0 aliphatic heterocycles. The highest BCUT2D eigenvalue weighted by atomic mass is 19.1. The minimum absolute atomic E-state index is 0.0246. The molecule has 1 aromatic heterocycles. The zero-order valence-electron chi connectivity index (χ0n) is 14.1. The van der Waals surface area contributed by atoms with Crippen LogP contribution in [0.25, 0.3) is 0 Å². The Bertz CT molecular complexity index is 600. The third-order valence-corrected chi connectivity index (χ3v) is 4.13. The predicted octanol–water partition coefficient (Wildman–Crippen LogP) is 5.13. The summed E-state index contributed by atoms with van der Waals surface area (Å²) in [6.45, 7) is 10.7. The Labute approximate surface area is 132 Å². The Balaban J connectivity index is 1.97. The SMILES string of the molecule is Cc1ccc(C(C)(C)C[C@H](C)N[C@H](C)c2ccc(F)cc2)o1. The Hall–Kier alpha value is -1.61. The average molecular weight is 303 g/mol. The van der Waals surface area contributed by atoms with Crippen molar-refractivity contribution >= 4 is 0 Å². The van der Waals surface area contributed by atoms with Crippen LogP contribution in [0.5, 0.6) is 0 Å². The zero-order valence-corrected chi connectivity index (χ0v) is 14.1. The van der Waals surface area contributed by atoms with Crippen LogP contribution in [0.1, 0.15) is 57.2 Å². The van der Waals surface area contributed by atoms with E-state index in [0.717, 1.165) is 23.5 Å². The summed E-state index contributed by atoms with van der Waals surface area (Å²) >= 11 is 0. The summed E-state index contributed by atoms with van der Waals surface area (Å²) in [5.74, 6) is 1.77. The van der Waals surface area contributed by atoms with Crippen molar-refractivity contribution in [1.82, 2.24) is 5.32 Å². The first-order valence-corrected chi connectivity index (χ1v) is 7.86. The number of benzene rings is 1. The van der Waals surface area contributed by atoms with Crippen LogP contribution in [0.4, 0.5) is 4.39 Å². The molecule has 0 aliphatic carbocycles. The highest BCUT2D eigenvalue weighted by Crippen LogP contribution is 2.30. The fourth-order valence-corrected chi connectivity index (χ4v) is 3.00. The van der Waals surface area contributed by atoms with Gasteiger partial charge in [0.15, 0.2) is 0 Å². The number of rotatable bonds is 6. The zero-order chi connectivity index (χ0) is 16.3. The van der Waals surface area contributed by atoms with Gasteiger partial charge in [-0.25, -0.2) is 4.39 Å². The van der Waals surface area contributed by atoms with Crippen LogP contribution in [-0.2, 0) is 5.41 Å². The van der Waals surface area contributed by atoms with Crippen molar-refractivity contribution in [3.05, 3.63) is 59.3 Å². The van der Waals surface area contributed by atoms with Gasteiger partial charge in [-0.1, -0.05) is 26.0 Å². The van der Waals surface area contributed by atoms with E-state index in [0.29, 0.717) is 6.04 Å². The molecule has 2 atom stereocenters. The van der Waals surface area contributed by atoms with Gasteiger partial charge in [-0.2, -0.15) is 0 Å². The number of hydrogen-bond donors (Lipinski definition) is 1. The van der Waals surface area contributed by atoms with E-state index in [1.54, 1.807) is 0 Å². The maximum absolute atomic E-state index is 13.0. The maximum atomic E-state index is 13.0. The molecule has 1 heterocycles. The summed E-state index contributed by atoms with van der Waals surface area (Å²) in [6.07, 6.45) is 0.964. The van der Waals surface area contributed by atoms with Crippen LogP contribution >= 0.6 is 0 Å². The van der Waals surface area contributed by atoms with E-state index in [2.05, 4.69) is 39.1 Å². The molecule has 2 aromatic rings. The summed E-state index contributed by atoms with van der Waals surface area (Å²) in [6, 6.07) is 11.3. The van der Waals surface area contributed by atoms with Crippen LogP contribution in [0, 0.1) is 12.7 Å². The third-order valence-electron chi connectivity index (χ3n) is 4.13. The summed E-state index contributed by atoms with van der Waals surface area (Å²) < 4.78 is 18.8. The molecule has 3 heteroatoms. The van der Waals surface area contributed by atoms with E-state index in [1.807, 2.05) is 25.1 Å². The van der Waals surface area contributed by atoms with Crippen LogP contribution < -0.4 is 5.32 Å². The predicted molar refractivity (Wildman–Crippen MR) is 88.5 cm³/mol. The molecule has 0 fully saturated rings. The number of nitrogens with one attached hydrogen (secondary N) is 1. The molecule has 0 radical (unpaired) electrons. The highest BCUT2D eigenvalue weighted by molar-refractivity contribution is 5.20. The second-order valence-corrected chi connectivity index (χ2v) is 6.84. The van der Waals surface area contributed by atoms with Crippen molar-refractivity contribution in [2.75, 3.05) is 0 Å². The Morgan fingerprint density at radius 3 is 2.27 bits per heavy atom. The molecular weight excluding hydrogens is 277 g/mol. The van der Waals surface area contributed by atoms with Crippen molar-refractivity contribution in [1.29, 1.82) is 0 Å². The largest absolute Gasteiger partial charge is 0.466 e. The van der Waals surface area contributed by atoms with Gasteiger partial charge in [-0.3, -0.25) is 0 Å². The van der Waals surface area contributed by atoms with E-state index < -0.39 is 0 Å².